The summed E-state index contributed by atoms with van der Waals surface area (Å²) in [6, 6.07) is 0. The van der Waals surface area contributed by atoms with Gasteiger partial charge in [0.2, 0.25) is 0 Å². The largest absolute Gasteiger partial charge is 0.465 e. The Bertz CT molecular complexity index is 128. The van der Waals surface area contributed by atoms with Crippen LogP contribution in [0.1, 0.15) is 13.8 Å². The number of ether oxygens (including phenoxy) is 1. The van der Waals surface area contributed by atoms with Crippen LogP contribution >= 0.6 is 0 Å². The summed E-state index contributed by atoms with van der Waals surface area (Å²) < 4.78 is 4.63. The Kier molecular flexibility index (Phi) is 4.07. The number of aliphatic hydroxyl groups is 2. The fourth-order valence-electron chi connectivity index (χ4n) is 0.417. The summed E-state index contributed by atoms with van der Waals surface area (Å²) in [5.41, 5.74) is -0.717. The van der Waals surface area contributed by atoms with Crippen molar-refractivity contribution in [2.45, 2.75) is 13.8 Å². The Hall–Kier alpha value is -0.610. The molecule has 0 atom stereocenters. The lowest BCUT2D eigenvalue weighted by atomic mass is 9.95. The lowest BCUT2D eigenvalue weighted by Gasteiger charge is -2.23. The summed E-state index contributed by atoms with van der Waals surface area (Å²) in [6.07, 6.45) is 0. The van der Waals surface area contributed by atoms with Crippen molar-refractivity contribution in [3.63, 3.8) is 0 Å². The second-order valence-corrected chi connectivity index (χ2v) is 2.91. The van der Waals surface area contributed by atoms with Crippen LogP contribution in [-0.4, -0.2) is 36.0 Å². The van der Waals surface area contributed by atoms with Gasteiger partial charge in [-0.2, -0.15) is 0 Å². The zero-order chi connectivity index (χ0) is 8.91. The molecule has 4 nitrogen and oxygen atoms in total. The van der Waals surface area contributed by atoms with Crippen LogP contribution in [0, 0.1) is 5.41 Å². The standard InChI is InChI=1S/C7H14O4/c1-6(10)11-5-7(2,3-8)4-9/h8-9H,3-5H2,1-2H3. The van der Waals surface area contributed by atoms with Crippen molar-refractivity contribution >= 4 is 5.97 Å². The minimum atomic E-state index is -0.717. The van der Waals surface area contributed by atoms with Crippen LogP contribution in [-0.2, 0) is 9.53 Å². The zero-order valence-corrected chi connectivity index (χ0v) is 6.83. The first kappa shape index (κ1) is 10.4. The molecule has 0 spiro atoms. The van der Waals surface area contributed by atoms with Gasteiger partial charge in [0.05, 0.1) is 13.2 Å². The van der Waals surface area contributed by atoms with E-state index >= 15 is 0 Å². The van der Waals surface area contributed by atoms with Crippen LogP contribution in [0.15, 0.2) is 0 Å². The molecule has 0 fully saturated rings. The molecule has 0 aromatic heterocycles. The Morgan fingerprint density at radius 3 is 2.18 bits per heavy atom. The molecule has 4 heteroatoms. The minimum absolute atomic E-state index is 0.0509. The molecule has 0 saturated heterocycles. The van der Waals surface area contributed by atoms with E-state index in [1.807, 2.05) is 0 Å². The van der Waals surface area contributed by atoms with E-state index in [9.17, 15) is 4.79 Å². The van der Waals surface area contributed by atoms with E-state index < -0.39 is 11.4 Å². The zero-order valence-electron chi connectivity index (χ0n) is 6.83. The van der Waals surface area contributed by atoms with Crippen molar-refractivity contribution in [2.24, 2.45) is 5.41 Å². The number of carbonyl (C=O) groups excluding carboxylic acids is 1. The van der Waals surface area contributed by atoms with E-state index in [1.165, 1.54) is 6.92 Å². The van der Waals surface area contributed by atoms with Crippen molar-refractivity contribution in [1.29, 1.82) is 0 Å². The fourth-order valence-corrected chi connectivity index (χ4v) is 0.417. The van der Waals surface area contributed by atoms with E-state index in [0.717, 1.165) is 0 Å². The fraction of sp³-hybridized carbons (Fsp3) is 0.857. The van der Waals surface area contributed by atoms with E-state index in [2.05, 4.69) is 4.74 Å². The van der Waals surface area contributed by atoms with Gasteiger partial charge in [0.25, 0.3) is 0 Å². The number of hydrogen-bond acceptors (Lipinski definition) is 4. The molecule has 0 aliphatic heterocycles. The maximum atomic E-state index is 10.3. The summed E-state index contributed by atoms with van der Waals surface area (Å²) in [4.78, 5) is 10.3. The SMILES string of the molecule is CC(=O)OCC(C)(CO)CO. The van der Waals surface area contributed by atoms with Gasteiger partial charge in [0.1, 0.15) is 6.61 Å². The van der Waals surface area contributed by atoms with E-state index in [-0.39, 0.29) is 19.8 Å². The Balaban J connectivity index is 3.78. The third-order valence-electron chi connectivity index (χ3n) is 1.39. The molecule has 2 N–H and O–H groups in total. The van der Waals surface area contributed by atoms with Gasteiger partial charge >= 0.3 is 5.97 Å². The van der Waals surface area contributed by atoms with Gasteiger partial charge in [-0.25, -0.2) is 0 Å². The highest BCUT2D eigenvalue weighted by Crippen LogP contribution is 2.13. The monoisotopic (exact) mass is 162 g/mol. The lowest BCUT2D eigenvalue weighted by molar-refractivity contribution is -0.146. The molecule has 66 valence electrons. The van der Waals surface area contributed by atoms with Gasteiger partial charge < -0.3 is 14.9 Å². The van der Waals surface area contributed by atoms with Crippen LogP contribution in [0.2, 0.25) is 0 Å². The number of aliphatic hydroxyl groups excluding tert-OH is 2. The van der Waals surface area contributed by atoms with Crippen LogP contribution in [0.25, 0.3) is 0 Å². The third kappa shape index (κ3) is 3.95. The highest BCUT2D eigenvalue weighted by Gasteiger charge is 2.23. The van der Waals surface area contributed by atoms with Crippen molar-refractivity contribution in [3.05, 3.63) is 0 Å². The van der Waals surface area contributed by atoms with Gasteiger partial charge in [-0.3, -0.25) is 4.79 Å². The number of carbonyl (C=O) groups is 1. The van der Waals surface area contributed by atoms with Gasteiger partial charge in [-0.1, -0.05) is 6.92 Å². The van der Waals surface area contributed by atoms with Crippen LogP contribution in [0.3, 0.4) is 0 Å². The Morgan fingerprint density at radius 2 is 1.91 bits per heavy atom. The normalized spacial score (nSPS) is 11.3. The molecule has 0 rings (SSSR count). The van der Waals surface area contributed by atoms with Gasteiger partial charge in [-0.15, -0.1) is 0 Å². The topological polar surface area (TPSA) is 66.8 Å². The second-order valence-electron chi connectivity index (χ2n) is 2.91. The molecular weight excluding hydrogens is 148 g/mol. The molecule has 0 saturated carbocycles. The number of esters is 1. The predicted octanol–water partition coefficient (Wildman–Crippen LogP) is -0.460. The third-order valence-corrected chi connectivity index (χ3v) is 1.39. The first-order chi connectivity index (χ1) is 5.04. The van der Waals surface area contributed by atoms with Crippen molar-refractivity contribution in [1.82, 2.24) is 0 Å². The molecule has 0 heterocycles. The summed E-state index contributed by atoms with van der Waals surface area (Å²) in [6.45, 7) is 2.58. The van der Waals surface area contributed by atoms with Gasteiger partial charge in [-0.05, 0) is 0 Å². The van der Waals surface area contributed by atoms with Crippen molar-refractivity contribution in [2.75, 3.05) is 19.8 Å². The minimum Gasteiger partial charge on any atom is -0.465 e. The molecule has 11 heavy (non-hydrogen) atoms. The molecule has 0 aliphatic carbocycles. The number of rotatable bonds is 4. The summed E-state index contributed by atoms with van der Waals surface area (Å²) >= 11 is 0. The van der Waals surface area contributed by atoms with Crippen molar-refractivity contribution in [3.8, 4) is 0 Å². The average molecular weight is 162 g/mol. The number of hydrogen-bond donors (Lipinski definition) is 2. The maximum Gasteiger partial charge on any atom is 0.302 e. The molecule has 0 radical (unpaired) electrons. The summed E-state index contributed by atoms with van der Waals surface area (Å²) in [7, 11) is 0. The van der Waals surface area contributed by atoms with Crippen molar-refractivity contribution < 1.29 is 19.7 Å². The quantitative estimate of drug-likeness (QED) is 0.549. The summed E-state index contributed by atoms with van der Waals surface area (Å²) in [5.74, 6) is -0.405. The van der Waals surface area contributed by atoms with E-state index in [4.69, 9.17) is 10.2 Å². The first-order valence-electron chi connectivity index (χ1n) is 3.39. The molecule has 0 aliphatic rings. The Labute approximate surface area is 65.8 Å². The molecule has 0 aromatic rings. The van der Waals surface area contributed by atoms with Crippen LogP contribution in [0.5, 0.6) is 0 Å². The molecule has 0 amide bonds. The van der Waals surface area contributed by atoms with Gasteiger partial charge in [0.15, 0.2) is 0 Å². The average Bonchev–Trinajstić information content (AvgIpc) is 2.00. The smallest absolute Gasteiger partial charge is 0.302 e. The molecule has 0 aromatic carbocycles. The lowest BCUT2D eigenvalue weighted by Crippen LogP contribution is -2.32. The van der Waals surface area contributed by atoms with Gasteiger partial charge in [0, 0.05) is 12.3 Å². The molecule has 0 unspecified atom stereocenters. The highest BCUT2D eigenvalue weighted by atomic mass is 16.5. The van der Waals surface area contributed by atoms with E-state index in [0.29, 0.717) is 0 Å². The van der Waals surface area contributed by atoms with E-state index in [1.54, 1.807) is 6.92 Å². The highest BCUT2D eigenvalue weighted by molar-refractivity contribution is 5.65. The first-order valence-corrected chi connectivity index (χ1v) is 3.39. The molecule has 0 bridgehead atoms. The Morgan fingerprint density at radius 1 is 1.45 bits per heavy atom. The summed E-state index contributed by atoms with van der Waals surface area (Å²) in [5, 5.41) is 17.5. The van der Waals surface area contributed by atoms with Crippen LogP contribution in [0.4, 0.5) is 0 Å². The van der Waals surface area contributed by atoms with Crippen LogP contribution < -0.4 is 0 Å². The maximum absolute atomic E-state index is 10.3. The second kappa shape index (κ2) is 4.31. The molecular formula is C7H14O4. The predicted molar refractivity (Wildman–Crippen MR) is 38.9 cm³/mol.